The number of amides is 1. The van der Waals surface area contributed by atoms with Gasteiger partial charge in [0.15, 0.2) is 5.82 Å². The lowest BCUT2D eigenvalue weighted by molar-refractivity contribution is -0.141. The van der Waals surface area contributed by atoms with Gasteiger partial charge in [0, 0.05) is 25.2 Å². The highest BCUT2D eigenvalue weighted by Gasteiger charge is 2.20. The number of nitrogens with zero attached hydrogens (tertiary/aromatic N) is 2. The Labute approximate surface area is 140 Å². The molecule has 24 heavy (non-hydrogen) atoms. The Hall–Kier alpha value is -2.70. The molecule has 2 aromatic rings. The van der Waals surface area contributed by atoms with Crippen LogP contribution < -0.4 is 5.32 Å². The molecule has 0 aliphatic rings. The Morgan fingerprint density at radius 1 is 1.25 bits per heavy atom. The highest BCUT2D eigenvalue weighted by atomic mass is 16.5. The van der Waals surface area contributed by atoms with Gasteiger partial charge in [-0.15, -0.1) is 0 Å². The van der Waals surface area contributed by atoms with Crippen LogP contribution in [0.2, 0.25) is 0 Å². The second-order valence-corrected chi connectivity index (χ2v) is 5.85. The van der Waals surface area contributed by atoms with Gasteiger partial charge in [-0.25, -0.2) is 4.79 Å². The summed E-state index contributed by atoms with van der Waals surface area (Å²) in [7, 11) is 0. The van der Waals surface area contributed by atoms with Crippen molar-refractivity contribution in [2.45, 2.75) is 45.1 Å². The lowest BCUT2D eigenvalue weighted by Crippen LogP contribution is -2.42. The number of carbonyl (C=O) groups excluding carboxylic acids is 1. The Kier molecular flexibility index (Phi) is 6.06. The normalized spacial score (nSPS) is 12.1. The van der Waals surface area contributed by atoms with E-state index in [1.165, 1.54) is 0 Å². The summed E-state index contributed by atoms with van der Waals surface area (Å²) in [5.41, 5.74) is 0.851. The van der Waals surface area contributed by atoms with Crippen LogP contribution in [0, 0.1) is 0 Å². The van der Waals surface area contributed by atoms with E-state index in [2.05, 4.69) is 15.5 Å². The second kappa shape index (κ2) is 8.24. The molecule has 0 aliphatic carbocycles. The van der Waals surface area contributed by atoms with Crippen LogP contribution in [0.25, 0.3) is 0 Å². The summed E-state index contributed by atoms with van der Waals surface area (Å²) < 4.78 is 5.07. The standard InChI is InChI=1S/C17H21N3O4/c1-11(2)16-19-15(24-20-16)9-8-14(21)18-13(17(22)23)10-12-6-4-3-5-7-12/h3-7,11,13H,8-10H2,1-2H3,(H,18,21)(H,22,23)/t13-/m0/s1. The number of aromatic nitrogens is 2. The number of rotatable bonds is 8. The molecular weight excluding hydrogens is 310 g/mol. The van der Waals surface area contributed by atoms with Crippen LogP contribution in [0.15, 0.2) is 34.9 Å². The smallest absolute Gasteiger partial charge is 0.326 e. The maximum Gasteiger partial charge on any atom is 0.326 e. The monoisotopic (exact) mass is 331 g/mol. The Morgan fingerprint density at radius 3 is 2.54 bits per heavy atom. The van der Waals surface area contributed by atoms with Crippen LogP contribution in [0.3, 0.4) is 0 Å². The zero-order valence-corrected chi connectivity index (χ0v) is 13.7. The summed E-state index contributed by atoms with van der Waals surface area (Å²) in [5.74, 6) is -0.296. The summed E-state index contributed by atoms with van der Waals surface area (Å²) in [4.78, 5) is 27.5. The number of carboxylic acid groups (broad SMARTS) is 1. The molecule has 0 unspecified atom stereocenters. The number of carbonyl (C=O) groups is 2. The molecule has 0 fully saturated rings. The number of benzene rings is 1. The minimum absolute atomic E-state index is 0.0955. The fourth-order valence-corrected chi connectivity index (χ4v) is 2.14. The van der Waals surface area contributed by atoms with Gasteiger partial charge in [0.05, 0.1) is 0 Å². The summed E-state index contributed by atoms with van der Waals surface area (Å²) in [6.45, 7) is 3.89. The van der Waals surface area contributed by atoms with E-state index in [-0.39, 0.29) is 31.1 Å². The van der Waals surface area contributed by atoms with Crippen LogP contribution >= 0.6 is 0 Å². The van der Waals surface area contributed by atoms with Gasteiger partial charge in [-0.1, -0.05) is 49.3 Å². The largest absolute Gasteiger partial charge is 0.480 e. The van der Waals surface area contributed by atoms with Crippen LogP contribution in [0.4, 0.5) is 0 Å². The number of hydrogen-bond donors (Lipinski definition) is 2. The van der Waals surface area contributed by atoms with Gasteiger partial charge in [0.2, 0.25) is 11.8 Å². The zero-order valence-electron chi connectivity index (χ0n) is 13.7. The van der Waals surface area contributed by atoms with E-state index in [1.54, 1.807) is 0 Å². The molecule has 7 heteroatoms. The van der Waals surface area contributed by atoms with Gasteiger partial charge in [-0.2, -0.15) is 4.98 Å². The first-order valence-electron chi connectivity index (χ1n) is 7.84. The first-order valence-corrected chi connectivity index (χ1v) is 7.84. The van der Waals surface area contributed by atoms with Crippen LogP contribution in [0.5, 0.6) is 0 Å². The molecule has 0 spiro atoms. The van der Waals surface area contributed by atoms with Crippen molar-refractivity contribution in [3.8, 4) is 0 Å². The first-order chi connectivity index (χ1) is 11.5. The number of aliphatic carboxylic acids is 1. The molecule has 0 aliphatic heterocycles. The summed E-state index contributed by atoms with van der Waals surface area (Å²) in [6, 6.07) is 8.21. The van der Waals surface area contributed by atoms with Crippen LogP contribution in [-0.2, 0) is 22.4 Å². The van der Waals surface area contributed by atoms with Crippen molar-refractivity contribution in [2.75, 3.05) is 0 Å². The third kappa shape index (κ3) is 5.19. The molecule has 7 nitrogen and oxygen atoms in total. The van der Waals surface area contributed by atoms with Crippen molar-refractivity contribution in [1.29, 1.82) is 0 Å². The van der Waals surface area contributed by atoms with E-state index in [1.807, 2.05) is 44.2 Å². The van der Waals surface area contributed by atoms with Crippen molar-refractivity contribution < 1.29 is 19.2 Å². The molecular formula is C17H21N3O4. The highest BCUT2D eigenvalue weighted by Crippen LogP contribution is 2.11. The number of aryl methyl sites for hydroxylation is 1. The van der Waals surface area contributed by atoms with Gasteiger partial charge in [-0.3, -0.25) is 4.79 Å². The molecule has 0 radical (unpaired) electrons. The fourth-order valence-electron chi connectivity index (χ4n) is 2.14. The Morgan fingerprint density at radius 2 is 1.96 bits per heavy atom. The van der Waals surface area contributed by atoms with E-state index >= 15 is 0 Å². The molecule has 1 atom stereocenters. The molecule has 128 valence electrons. The molecule has 2 rings (SSSR count). The summed E-state index contributed by atoms with van der Waals surface area (Å²) >= 11 is 0. The minimum atomic E-state index is -1.06. The molecule has 1 amide bonds. The molecule has 0 bridgehead atoms. The molecule has 1 aromatic carbocycles. The fraction of sp³-hybridized carbons (Fsp3) is 0.412. The van der Waals surface area contributed by atoms with Crippen LogP contribution in [0.1, 0.15) is 43.5 Å². The van der Waals surface area contributed by atoms with Crippen molar-refractivity contribution >= 4 is 11.9 Å². The van der Waals surface area contributed by atoms with E-state index in [4.69, 9.17) is 4.52 Å². The topological polar surface area (TPSA) is 105 Å². The number of carboxylic acids is 1. The number of hydrogen-bond acceptors (Lipinski definition) is 5. The third-order valence-corrected chi connectivity index (χ3v) is 3.48. The van der Waals surface area contributed by atoms with E-state index in [0.29, 0.717) is 11.7 Å². The van der Waals surface area contributed by atoms with Crippen LogP contribution in [-0.4, -0.2) is 33.2 Å². The van der Waals surface area contributed by atoms with E-state index in [0.717, 1.165) is 5.56 Å². The third-order valence-electron chi connectivity index (χ3n) is 3.48. The van der Waals surface area contributed by atoms with Crippen molar-refractivity contribution in [2.24, 2.45) is 0 Å². The van der Waals surface area contributed by atoms with Crippen molar-refractivity contribution in [1.82, 2.24) is 15.5 Å². The van der Waals surface area contributed by atoms with E-state index in [9.17, 15) is 14.7 Å². The average Bonchev–Trinajstić information content (AvgIpc) is 3.02. The molecule has 0 saturated carbocycles. The van der Waals surface area contributed by atoms with Gasteiger partial charge < -0.3 is 14.9 Å². The molecule has 2 N–H and O–H groups in total. The zero-order chi connectivity index (χ0) is 17.5. The summed E-state index contributed by atoms with van der Waals surface area (Å²) in [5, 5.41) is 15.6. The molecule has 1 heterocycles. The molecule has 1 aromatic heterocycles. The minimum Gasteiger partial charge on any atom is -0.480 e. The van der Waals surface area contributed by atoms with E-state index < -0.39 is 12.0 Å². The maximum absolute atomic E-state index is 12.0. The number of nitrogens with one attached hydrogen (secondary N) is 1. The Balaban J connectivity index is 1.87. The predicted molar refractivity (Wildman–Crippen MR) is 86.4 cm³/mol. The first kappa shape index (κ1) is 17.7. The van der Waals surface area contributed by atoms with Crippen molar-refractivity contribution in [3.63, 3.8) is 0 Å². The van der Waals surface area contributed by atoms with Gasteiger partial charge in [0.25, 0.3) is 0 Å². The summed E-state index contributed by atoms with van der Waals surface area (Å²) in [6.07, 6.45) is 0.613. The SMILES string of the molecule is CC(C)c1noc(CCC(=O)N[C@@H](Cc2ccccc2)C(=O)O)n1. The van der Waals surface area contributed by atoms with Crippen molar-refractivity contribution in [3.05, 3.63) is 47.6 Å². The molecule has 0 saturated heterocycles. The average molecular weight is 331 g/mol. The quantitative estimate of drug-likeness (QED) is 0.766. The Bertz CT molecular complexity index is 682. The second-order valence-electron chi connectivity index (χ2n) is 5.85. The predicted octanol–water partition coefficient (Wildman–Crippen LogP) is 1.94. The van der Waals surface area contributed by atoms with Gasteiger partial charge >= 0.3 is 5.97 Å². The maximum atomic E-state index is 12.0. The van der Waals surface area contributed by atoms with Gasteiger partial charge in [-0.05, 0) is 5.56 Å². The lowest BCUT2D eigenvalue weighted by atomic mass is 10.1. The lowest BCUT2D eigenvalue weighted by Gasteiger charge is -2.14. The van der Waals surface area contributed by atoms with Gasteiger partial charge in [0.1, 0.15) is 6.04 Å². The highest BCUT2D eigenvalue weighted by molar-refractivity contribution is 5.83.